The summed E-state index contributed by atoms with van der Waals surface area (Å²) in [4.78, 5) is 19.7. The smallest absolute Gasteiger partial charge is 0.267 e. The lowest BCUT2D eigenvalue weighted by atomic mass is 10.2. The molecule has 0 atom stereocenters. The minimum absolute atomic E-state index is 0.109. The summed E-state index contributed by atoms with van der Waals surface area (Å²) < 4.78 is 1.31. The summed E-state index contributed by atoms with van der Waals surface area (Å²) >= 11 is 3.15. The molecule has 3 rings (SSSR count). The highest BCUT2D eigenvalue weighted by atomic mass is 32.1. The first-order chi connectivity index (χ1) is 9.58. The number of rotatable bonds is 2. The van der Waals surface area contributed by atoms with E-state index in [4.69, 9.17) is 0 Å². The van der Waals surface area contributed by atoms with Crippen LogP contribution < -0.4 is 5.56 Å². The number of hydrogen-bond acceptors (Lipinski definition) is 5. The topological polar surface area (TPSA) is 47.2 Å². The summed E-state index contributed by atoms with van der Waals surface area (Å²) in [6.45, 7) is 5.98. The molecule has 3 heterocycles. The predicted octanol–water partition coefficient (Wildman–Crippen LogP) is 3.33. The molecular formula is C14H13N3OS2. The Morgan fingerprint density at radius 2 is 2.15 bits per heavy atom. The first-order valence-electron chi connectivity index (χ1n) is 6.13. The lowest BCUT2D eigenvalue weighted by Gasteiger charge is -1.98. The quantitative estimate of drug-likeness (QED) is 0.682. The fourth-order valence-electron chi connectivity index (χ4n) is 1.94. The van der Waals surface area contributed by atoms with Crippen LogP contribution in [0.15, 0.2) is 27.7 Å². The van der Waals surface area contributed by atoms with Gasteiger partial charge in [-0.3, -0.25) is 4.79 Å². The second-order valence-corrected chi connectivity index (χ2v) is 6.72. The van der Waals surface area contributed by atoms with Gasteiger partial charge < -0.3 is 0 Å². The maximum atomic E-state index is 12.4. The van der Waals surface area contributed by atoms with Gasteiger partial charge in [0, 0.05) is 4.88 Å². The Balaban J connectivity index is 2.11. The Labute approximate surface area is 124 Å². The molecule has 4 nitrogen and oxygen atoms in total. The number of thiophene rings is 2. The minimum atomic E-state index is -0.109. The molecule has 0 unspecified atom stereocenters. The van der Waals surface area contributed by atoms with Crippen LogP contribution in [-0.4, -0.2) is 15.9 Å². The minimum Gasteiger partial charge on any atom is -0.267 e. The zero-order valence-corrected chi connectivity index (χ0v) is 13.0. The maximum absolute atomic E-state index is 12.4. The van der Waals surface area contributed by atoms with Crippen LogP contribution in [0.3, 0.4) is 0 Å². The zero-order valence-electron chi connectivity index (χ0n) is 11.4. The van der Waals surface area contributed by atoms with Crippen LogP contribution in [0.5, 0.6) is 0 Å². The Hall–Kier alpha value is -1.79. The van der Waals surface area contributed by atoms with Crippen molar-refractivity contribution in [2.75, 3.05) is 0 Å². The van der Waals surface area contributed by atoms with E-state index in [-0.39, 0.29) is 5.56 Å². The summed E-state index contributed by atoms with van der Waals surface area (Å²) in [5.41, 5.74) is 2.05. The lowest BCUT2D eigenvalue weighted by Crippen LogP contribution is -2.16. The van der Waals surface area contributed by atoms with Crippen molar-refractivity contribution in [2.45, 2.75) is 20.8 Å². The van der Waals surface area contributed by atoms with Crippen LogP contribution >= 0.6 is 22.7 Å². The van der Waals surface area contributed by atoms with E-state index in [0.717, 1.165) is 25.7 Å². The van der Waals surface area contributed by atoms with Gasteiger partial charge in [0.25, 0.3) is 5.56 Å². The van der Waals surface area contributed by atoms with Gasteiger partial charge in [0.15, 0.2) is 0 Å². The Bertz CT molecular complexity index is 870. The molecule has 0 amide bonds. The van der Waals surface area contributed by atoms with Crippen molar-refractivity contribution in [2.24, 2.45) is 5.10 Å². The molecular weight excluding hydrogens is 290 g/mol. The van der Waals surface area contributed by atoms with Gasteiger partial charge in [0.05, 0.1) is 16.5 Å². The fraction of sp³-hybridized carbons (Fsp3) is 0.214. The SMILES string of the molecule is Cc1ccsc1/C=N\n1cnc2sc(C)c(C)c2c1=O. The number of aromatic nitrogens is 2. The van der Waals surface area contributed by atoms with Gasteiger partial charge in [-0.2, -0.15) is 9.78 Å². The van der Waals surface area contributed by atoms with Crippen molar-refractivity contribution in [3.8, 4) is 0 Å². The zero-order chi connectivity index (χ0) is 14.3. The number of hydrogen-bond donors (Lipinski definition) is 0. The highest BCUT2D eigenvalue weighted by Crippen LogP contribution is 2.25. The molecule has 0 N–H and O–H groups in total. The van der Waals surface area contributed by atoms with Gasteiger partial charge in [0.1, 0.15) is 11.2 Å². The largest absolute Gasteiger partial charge is 0.282 e. The van der Waals surface area contributed by atoms with Crippen molar-refractivity contribution >= 4 is 39.1 Å². The third kappa shape index (κ3) is 2.10. The third-order valence-corrected chi connectivity index (χ3v) is 5.34. The second kappa shape index (κ2) is 4.96. The molecule has 0 aliphatic carbocycles. The normalized spacial score (nSPS) is 11.8. The summed E-state index contributed by atoms with van der Waals surface area (Å²) in [5, 5.41) is 6.92. The molecule has 0 bridgehead atoms. The Kier molecular flexibility index (Phi) is 3.27. The van der Waals surface area contributed by atoms with Gasteiger partial charge in [0.2, 0.25) is 0 Å². The first kappa shape index (κ1) is 13.2. The van der Waals surface area contributed by atoms with E-state index < -0.39 is 0 Å². The van der Waals surface area contributed by atoms with Crippen molar-refractivity contribution in [3.05, 3.63) is 49.0 Å². The summed E-state index contributed by atoms with van der Waals surface area (Å²) in [6, 6.07) is 2.03. The highest BCUT2D eigenvalue weighted by molar-refractivity contribution is 7.18. The number of aryl methyl sites for hydroxylation is 3. The summed E-state index contributed by atoms with van der Waals surface area (Å²) in [7, 11) is 0. The van der Waals surface area contributed by atoms with Gasteiger partial charge >= 0.3 is 0 Å². The predicted molar refractivity (Wildman–Crippen MR) is 85.4 cm³/mol. The molecule has 20 heavy (non-hydrogen) atoms. The van der Waals surface area contributed by atoms with Crippen molar-refractivity contribution in [3.63, 3.8) is 0 Å². The van der Waals surface area contributed by atoms with Crippen LogP contribution in [0, 0.1) is 20.8 Å². The average molecular weight is 303 g/mol. The molecule has 0 fully saturated rings. The van der Waals surface area contributed by atoms with Gasteiger partial charge in [-0.05, 0) is 43.3 Å². The number of fused-ring (bicyclic) bond motifs is 1. The molecule has 0 saturated heterocycles. The second-order valence-electron chi connectivity index (χ2n) is 4.57. The van der Waals surface area contributed by atoms with Crippen LogP contribution in [-0.2, 0) is 0 Å². The van der Waals surface area contributed by atoms with E-state index in [1.54, 1.807) is 28.9 Å². The lowest BCUT2D eigenvalue weighted by molar-refractivity contribution is 0.818. The number of nitrogens with zero attached hydrogens (tertiary/aromatic N) is 3. The first-order valence-corrected chi connectivity index (χ1v) is 7.83. The molecule has 6 heteroatoms. The van der Waals surface area contributed by atoms with E-state index in [2.05, 4.69) is 10.1 Å². The van der Waals surface area contributed by atoms with Gasteiger partial charge in [-0.15, -0.1) is 22.7 Å². The Morgan fingerprint density at radius 3 is 2.85 bits per heavy atom. The van der Waals surface area contributed by atoms with E-state index in [9.17, 15) is 4.79 Å². The van der Waals surface area contributed by atoms with E-state index >= 15 is 0 Å². The van der Waals surface area contributed by atoms with Crippen LogP contribution in [0.2, 0.25) is 0 Å². The molecule has 0 aromatic carbocycles. The standard InChI is InChI=1S/C14H13N3OS2/c1-8-4-5-19-11(8)6-16-17-7-15-13-12(14(17)18)9(2)10(3)20-13/h4-7H,1-3H3/b16-6-. The molecule has 0 saturated carbocycles. The summed E-state index contributed by atoms with van der Waals surface area (Å²) in [5.74, 6) is 0. The highest BCUT2D eigenvalue weighted by Gasteiger charge is 2.11. The molecule has 0 aliphatic rings. The third-order valence-electron chi connectivity index (χ3n) is 3.27. The van der Waals surface area contributed by atoms with Crippen molar-refractivity contribution in [1.82, 2.24) is 9.66 Å². The monoisotopic (exact) mass is 303 g/mol. The average Bonchev–Trinajstić information content (AvgIpc) is 2.94. The maximum Gasteiger partial charge on any atom is 0.282 e. The molecule has 3 aromatic heterocycles. The molecule has 102 valence electrons. The van der Waals surface area contributed by atoms with E-state index in [0.29, 0.717) is 5.39 Å². The Morgan fingerprint density at radius 1 is 1.35 bits per heavy atom. The summed E-state index contributed by atoms with van der Waals surface area (Å²) in [6.07, 6.45) is 3.20. The van der Waals surface area contributed by atoms with E-state index in [1.807, 2.05) is 32.2 Å². The molecule has 0 spiro atoms. The van der Waals surface area contributed by atoms with Crippen LogP contribution in [0.4, 0.5) is 0 Å². The van der Waals surface area contributed by atoms with Crippen LogP contribution in [0.25, 0.3) is 10.2 Å². The fourth-order valence-corrected chi connectivity index (χ4v) is 3.71. The molecule has 0 aliphatic heterocycles. The van der Waals surface area contributed by atoms with Gasteiger partial charge in [-0.1, -0.05) is 0 Å². The molecule has 0 radical (unpaired) electrons. The van der Waals surface area contributed by atoms with Crippen molar-refractivity contribution < 1.29 is 0 Å². The van der Waals surface area contributed by atoms with Gasteiger partial charge in [-0.25, -0.2) is 4.98 Å². The molecule has 3 aromatic rings. The van der Waals surface area contributed by atoms with E-state index in [1.165, 1.54) is 11.0 Å². The van der Waals surface area contributed by atoms with Crippen LogP contribution in [0.1, 0.15) is 20.9 Å². The van der Waals surface area contributed by atoms with Crippen molar-refractivity contribution in [1.29, 1.82) is 0 Å².